The smallest absolute Gasteiger partial charge is 0.109 e. The maximum absolute atomic E-state index is 9.13. The van der Waals surface area contributed by atoms with Crippen LogP contribution in [0.3, 0.4) is 0 Å². The molecule has 0 spiro atoms. The van der Waals surface area contributed by atoms with Gasteiger partial charge in [-0.2, -0.15) is 5.26 Å². The molecular weight excluding hydrogens is 148 g/mol. The molecule has 0 bridgehead atoms. The highest BCUT2D eigenvalue weighted by Gasteiger charge is 2.38. The van der Waals surface area contributed by atoms with E-state index in [1.807, 2.05) is 7.05 Å². The molecule has 0 amide bonds. The lowest BCUT2D eigenvalue weighted by Gasteiger charge is -2.38. The second-order valence-electron chi connectivity index (χ2n) is 3.68. The number of nitrogens with one attached hydrogen (secondary N) is 1. The van der Waals surface area contributed by atoms with Gasteiger partial charge < -0.3 is 5.32 Å². The summed E-state index contributed by atoms with van der Waals surface area (Å²) in [6.45, 7) is 2.18. The fraction of sp³-hybridized carbons (Fsp3) is 0.900. The third-order valence-corrected chi connectivity index (χ3v) is 3.21. The molecule has 0 heterocycles. The minimum absolute atomic E-state index is 0.215. The fourth-order valence-electron chi connectivity index (χ4n) is 2.33. The molecule has 0 aromatic carbocycles. The normalized spacial score (nSPS) is 35.9. The maximum Gasteiger partial charge on any atom is 0.109 e. The van der Waals surface area contributed by atoms with Crippen LogP contribution in [0.25, 0.3) is 0 Å². The van der Waals surface area contributed by atoms with E-state index in [9.17, 15) is 0 Å². The van der Waals surface area contributed by atoms with Crippen LogP contribution in [-0.4, -0.2) is 12.6 Å². The van der Waals surface area contributed by atoms with Gasteiger partial charge in [0, 0.05) is 0 Å². The van der Waals surface area contributed by atoms with Gasteiger partial charge in [-0.05, 0) is 25.8 Å². The Morgan fingerprint density at radius 1 is 1.58 bits per heavy atom. The number of nitrogens with zero attached hydrogens (tertiary/aromatic N) is 1. The lowest BCUT2D eigenvalue weighted by atomic mass is 9.72. The Hall–Kier alpha value is -0.550. The molecule has 2 atom stereocenters. The van der Waals surface area contributed by atoms with Crippen LogP contribution in [0.5, 0.6) is 0 Å². The molecule has 0 aliphatic heterocycles. The van der Waals surface area contributed by atoms with E-state index in [1.165, 1.54) is 19.3 Å². The molecule has 1 aliphatic rings. The SMILES string of the molecule is CCC1CCCCC1(C#N)NC. The van der Waals surface area contributed by atoms with Gasteiger partial charge in [0.25, 0.3) is 0 Å². The summed E-state index contributed by atoms with van der Waals surface area (Å²) in [5, 5.41) is 12.3. The second-order valence-corrected chi connectivity index (χ2v) is 3.68. The van der Waals surface area contributed by atoms with Gasteiger partial charge in [0.2, 0.25) is 0 Å². The van der Waals surface area contributed by atoms with E-state index in [1.54, 1.807) is 0 Å². The molecule has 2 unspecified atom stereocenters. The highest BCUT2D eigenvalue weighted by molar-refractivity contribution is 5.11. The van der Waals surface area contributed by atoms with E-state index in [2.05, 4.69) is 18.3 Å². The average Bonchev–Trinajstić information content (AvgIpc) is 2.17. The van der Waals surface area contributed by atoms with Gasteiger partial charge in [-0.3, -0.25) is 0 Å². The van der Waals surface area contributed by atoms with Crippen LogP contribution in [-0.2, 0) is 0 Å². The summed E-state index contributed by atoms with van der Waals surface area (Å²) in [6, 6.07) is 2.46. The summed E-state index contributed by atoms with van der Waals surface area (Å²) in [4.78, 5) is 0. The van der Waals surface area contributed by atoms with Crippen molar-refractivity contribution in [3.63, 3.8) is 0 Å². The maximum atomic E-state index is 9.13. The highest BCUT2D eigenvalue weighted by Crippen LogP contribution is 2.34. The van der Waals surface area contributed by atoms with Crippen molar-refractivity contribution in [1.29, 1.82) is 5.26 Å². The van der Waals surface area contributed by atoms with Crippen molar-refractivity contribution in [2.45, 2.75) is 44.6 Å². The Balaban J connectivity index is 2.75. The predicted molar refractivity (Wildman–Crippen MR) is 49.7 cm³/mol. The molecule has 1 fully saturated rings. The van der Waals surface area contributed by atoms with Crippen LogP contribution in [0, 0.1) is 17.2 Å². The monoisotopic (exact) mass is 166 g/mol. The van der Waals surface area contributed by atoms with E-state index in [4.69, 9.17) is 5.26 Å². The Labute approximate surface area is 75.0 Å². The molecule has 0 radical (unpaired) electrons. The minimum atomic E-state index is -0.215. The first kappa shape index (κ1) is 9.54. The summed E-state index contributed by atoms with van der Waals surface area (Å²) in [5.41, 5.74) is -0.215. The third kappa shape index (κ3) is 1.47. The number of nitriles is 1. The van der Waals surface area contributed by atoms with E-state index >= 15 is 0 Å². The molecule has 2 nitrogen and oxygen atoms in total. The molecule has 1 rings (SSSR count). The second kappa shape index (κ2) is 3.91. The number of hydrogen-bond donors (Lipinski definition) is 1. The molecule has 0 aromatic heterocycles. The van der Waals surface area contributed by atoms with Gasteiger partial charge >= 0.3 is 0 Å². The minimum Gasteiger partial charge on any atom is -0.302 e. The van der Waals surface area contributed by atoms with Gasteiger partial charge in [-0.1, -0.05) is 26.2 Å². The van der Waals surface area contributed by atoms with Crippen LogP contribution < -0.4 is 5.32 Å². The Morgan fingerprint density at radius 2 is 2.33 bits per heavy atom. The molecule has 0 aromatic rings. The average molecular weight is 166 g/mol. The van der Waals surface area contributed by atoms with Crippen LogP contribution >= 0.6 is 0 Å². The zero-order chi connectivity index (χ0) is 9.03. The summed E-state index contributed by atoms with van der Waals surface area (Å²) < 4.78 is 0. The Bertz CT molecular complexity index is 183. The first-order valence-electron chi connectivity index (χ1n) is 4.89. The van der Waals surface area contributed by atoms with Crippen molar-refractivity contribution >= 4 is 0 Å². The van der Waals surface area contributed by atoms with E-state index in [0.29, 0.717) is 5.92 Å². The third-order valence-electron chi connectivity index (χ3n) is 3.21. The van der Waals surface area contributed by atoms with Gasteiger partial charge in [-0.15, -0.1) is 0 Å². The molecule has 68 valence electrons. The number of rotatable bonds is 2. The van der Waals surface area contributed by atoms with Crippen LogP contribution in [0.4, 0.5) is 0 Å². The molecule has 1 N–H and O–H groups in total. The standard InChI is InChI=1S/C10H18N2/c1-3-9-6-4-5-7-10(9,8-11)12-2/h9,12H,3-7H2,1-2H3. The van der Waals surface area contributed by atoms with E-state index in [0.717, 1.165) is 12.8 Å². The number of hydrogen-bond acceptors (Lipinski definition) is 2. The quantitative estimate of drug-likeness (QED) is 0.681. The summed E-state index contributed by atoms with van der Waals surface area (Å²) in [6.07, 6.45) is 5.85. The topological polar surface area (TPSA) is 35.8 Å². The van der Waals surface area contributed by atoms with Crippen molar-refractivity contribution in [1.82, 2.24) is 5.32 Å². The summed E-state index contributed by atoms with van der Waals surface area (Å²) in [7, 11) is 1.91. The first-order valence-corrected chi connectivity index (χ1v) is 4.89. The Kier molecular flexibility index (Phi) is 3.11. The molecule has 1 aliphatic carbocycles. The zero-order valence-electron chi connectivity index (χ0n) is 8.06. The summed E-state index contributed by atoms with van der Waals surface area (Å²) >= 11 is 0. The molecular formula is C10H18N2. The lowest BCUT2D eigenvalue weighted by molar-refractivity contribution is 0.202. The van der Waals surface area contributed by atoms with Crippen molar-refractivity contribution in [2.24, 2.45) is 5.92 Å². The van der Waals surface area contributed by atoms with Crippen LogP contribution in [0.2, 0.25) is 0 Å². The van der Waals surface area contributed by atoms with E-state index < -0.39 is 0 Å². The lowest BCUT2D eigenvalue weighted by Crippen LogP contribution is -2.50. The zero-order valence-corrected chi connectivity index (χ0v) is 8.06. The predicted octanol–water partition coefficient (Wildman–Crippen LogP) is 2.07. The van der Waals surface area contributed by atoms with Crippen molar-refractivity contribution < 1.29 is 0 Å². The van der Waals surface area contributed by atoms with Gasteiger partial charge in [0.1, 0.15) is 5.54 Å². The summed E-state index contributed by atoms with van der Waals surface area (Å²) in [5.74, 6) is 0.557. The van der Waals surface area contributed by atoms with Gasteiger partial charge in [-0.25, -0.2) is 0 Å². The highest BCUT2D eigenvalue weighted by atomic mass is 14.9. The first-order chi connectivity index (χ1) is 5.79. The van der Waals surface area contributed by atoms with Crippen molar-refractivity contribution in [3.05, 3.63) is 0 Å². The van der Waals surface area contributed by atoms with Crippen molar-refractivity contribution in [2.75, 3.05) is 7.05 Å². The fourth-order valence-corrected chi connectivity index (χ4v) is 2.33. The van der Waals surface area contributed by atoms with Gasteiger partial charge in [0.15, 0.2) is 0 Å². The van der Waals surface area contributed by atoms with Crippen LogP contribution in [0.15, 0.2) is 0 Å². The molecule has 12 heavy (non-hydrogen) atoms. The Morgan fingerprint density at radius 3 is 2.75 bits per heavy atom. The molecule has 1 saturated carbocycles. The van der Waals surface area contributed by atoms with Crippen LogP contribution in [0.1, 0.15) is 39.0 Å². The largest absolute Gasteiger partial charge is 0.302 e. The molecule has 2 heteroatoms. The van der Waals surface area contributed by atoms with Gasteiger partial charge in [0.05, 0.1) is 6.07 Å². The van der Waals surface area contributed by atoms with E-state index in [-0.39, 0.29) is 5.54 Å². The van der Waals surface area contributed by atoms with Crippen molar-refractivity contribution in [3.8, 4) is 6.07 Å². The molecule has 0 saturated heterocycles.